The van der Waals surface area contributed by atoms with Crippen LogP contribution in [0.1, 0.15) is 20.9 Å². The second-order valence-electron chi connectivity index (χ2n) is 6.59. The third-order valence-corrected chi connectivity index (χ3v) is 5.46. The van der Waals surface area contributed by atoms with Crippen LogP contribution in [-0.4, -0.2) is 16.8 Å². The van der Waals surface area contributed by atoms with Gasteiger partial charge in [-0.25, -0.2) is 4.98 Å². The monoisotopic (exact) mass is 431 g/mol. The van der Waals surface area contributed by atoms with Crippen molar-refractivity contribution in [3.63, 3.8) is 0 Å². The zero-order chi connectivity index (χ0) is 21.8. The number of nitrogens with one attached hydrogen (secondary N) is 2. The Bertz CT molecular complexity index is 1360. The summed E-state index contributed by atoms with van der Waals surface area (Å²) in [6.07, 6.45) is 3.92. The van der Waals surface area contributed by atoms with Crippen LogP contribution in [0.5, 0.6) is 0 Å². The van der Waals surface area contributed by atoms with Crippen LogP contribution in [0.3, 0.4) is 0 Å². The Morgan fingerprint density at radius 1 is 1.03 bits per heavy atom. The highest BCUT2D eigenvalue weighted by Gasteiger charge is 2.16. The minimum absolute atomic E-state index is 0.226. The minimum atomic E-state index is -0.476. The predicted octanol–water partition coefficient (Wildman–Crippen LogP) is 4.46. The predicted molar refractivity (Wildman–Crippen MR) is 121 cm³/mol. The molecule has 0 aliphatic rings. The van der Waals surface area contributed by atoms with Gasteiger partial charge in [-0.1, -0.05) is 41.7 Å². The molecular formula is C23H17N3O4S. The molecule has 31 heavy (non-hydrogen) atoms. The molecule has 4 rings (SSSR count). The average Bonchev–Trinajstić information content (AvgIpc) is 3.14. The summed E-state index contributed by atoms with van der Waals surface area (Å²) in [5.41, 5.74) is 1.69. The van der Waals surface area contributed by atoms with Crippen molar-refractivity contribution >= 4 is 51.0 Å². The first-order valence-corrected chi connectivity index (χ1v) is 10.2. The Hall–Kier alpha value is -4.04. The third kappa shape index (κ3) is 4.59. The SMILES string of the molecule is Cc1nc(NC(=O)/C=C/c2coc3ccccc3c2=O)sc1C(=O)Nc1ccccc1. The fraction of sp³-hybridized carbons (Fsp3) is 0.0435. The van der Waals surface area contributed by atoms with Crippen molar-refractivity contribution in [2.24, 2.45) is 0 Å². The normalized spacial score (nSPS) is 11.0. The maximum absolute atomic E-state index is 12.5. The van der Waals surface area contributed by atoms with E-state index in [-0.39, 0.29) is 22.0 Å². The molecule has 0 atom stereocenters. The fourth-order valence-corrected chi connectivity index (χ4v) is 3.76. The molecule has 0 saturated carbocycles. The number of carbonyl (C=O) groups is 2. The largest absolute Gasteiger partial charge is 0.463 e. The number of thiazole rings is 1. The second-order valence-corrected chi connectivity index (χ2v) is 7.59. The van der Waals surface area contributed by atoms with Gasteiger partial charge in [0.25, 0.3) is 5.91 Å². The lowest BCUT2D eigenvalue weighted by Gasteiger charge is -2.02. The maximum atomic E-state index is 12.5. The molecule has 4 aromatic rings. The molecule has 2 N–H and O–H groups in total. The van der Waals surface area contributed by atoms with Gasteiger partial charge in [-0.05, 0) is 37.3 Å². The Balaban J connectivity index is 1.46. The van der Waals surface area contributed by atoms with Crippen LogP contribution in [0.25, 0.3) is 17.0 Å². The average molecular weight is 431 g/mol. The van der Waals surface area contributed by atoms with E-state index in [9.17, 15) is 14.4 Å². The summed E-state index contributed by atoms with van der Waals surface area (Å²) in [6, 6.07) is 16.0. The quantitative estimate of drug-likeness (QED) is 0.454. The molecule has 0 spiro atoms. The summed E-state index contributed by atoms with van der Waals surface area (Å²) in [4.78, 5) is 41.9. The number of nitrogens with zero attached hydrogens (tertiary/aromatic N) is 1. The molecule has 7 nitrogen and oxygen atoms in total. The summed E-state index contributed by atoms with van der Waals surface area (Å²) in [7, 11) is 0. The third-order valence-electron chi connectivity index (χ3n) is 4.39. The highest BCUT2D eigenvalue weighted by atomic mass is 32.1. The van der Waals surface area contributed by atoms with Crippen LogP contribution in [-0.2, 0) is 4.79 Å². The molecule has 0 radical (unpaired) electrons. The van der Waals surface area contributed by atoms with Crippen molar-refractivity contribution in [1.82, 2.24) is 4.98 Å². The zero-order valence-electron chi connectivity index (χ0n) is 16.4. The van der Waals surface area contributed by atoms with E-state index in [2.05, 4.69) is 15.6 Å². The van der Waals surface area contributed by atoms with Crippen molar-refractivity contribution in [2.75, 3.05) is 10.6 Å². The first-order chi connectivity index (χ1) is 15.0. The van der Waals surface area contributed by atoms with Gasteiger partial charge in [-0.3, -0.25) is 19.7 Å². The first kappa shape index (κ1) is 20.2. The van der Waals surface area contributed by atoms with Crippen LogP contribution < -0.4 is 16.1 Å². The highest BCUT2D eigenvalue weighted by molar-refractivity contribution is 7.17. The summed E-state index contributed by atoms with van der Waals surface area (Å²) < 4.78 is 5.43. The number of fused-ring (bicyclic) bond motifs is 1. The molecule has 2 amide bonds. The van der Waals surface area contributed by atoms with Gasteiger partial charge in [0.2, 0.25) is 5.91 Å². The number of hydrogen-bond donors (Lipinski definition) is 2. The van der Waals surface area contributed by atoms with E-state index >= 15 is 0 Å². The minimum Gasteiger partial charge on any atom is -0.463 e. The van der Waals surface area contributed by atoms with E-state index in [0.717, 1.165) is 11.3 Å². The molecule has 8 heteroatoms. The number of aromatic nitrogens is 1. The standard InChI is InChI=1S/C23H17N3O4S/c1-14-21(22(29)25-16-7-3-2-4-8-16)31-23(24-14)26-19(27)12-11-15-13-30-18-10-6-5-9-17(18)20(15)28/h2-13H,1H3,(H,25,29)(H,24,26,27)/b12-11+. The zero-order valence-corrected chi connectivity index (χ0v) is 17.2. The Kier molecular flexibility index (Phi) is 5.72. The van der Waals surface area contributed by atoms with Gasteiger partial charge in [0.1, 0.15) is 16.7 Å². The summed E-state index contributed by atoms with van der Waals surface area (Å²) in [5.74, 6) is -0.776. The van der Waals surface area contributed by atoms with Gasteiger partial charge in [0.15, 0.2) is 10.6 Å². The Morgan fingerprint density at radius 2 is 1.77 bits per heavy atom. The molecule has 2 aromatic carbocycles. The van der Waals surface area contributed by atoms with E-state index in [4.69, 9.17) is 4.42 Å². The number of para-hydroxylation sites is 2. The second kappa shape index (κ2) is 8.76. The molecule has 2 heterocycles. The van der Waals surface area contributed by atoms with Gasteiger partial charge in [-0.2, -0.15) is 0 Å². The van der Waals surface area contributed by atoms with Crippen molar-refractivity contribution in [3.8, 4) is 0 Å². The van der Waals surface area contributed by atoms with Crippen molar-refractivity contribution in [3.05, 3.63) is 93.3 Å². The lowest BCUT2D eigenvalue weighted by atomic mass is 10.1. The Morgan fingerprint density at radius 3 is 2.58 bits per heavy atom. The molecular weight excluding hydrogens is 414 g/mol. The summed E-state index contributed by atoms with van der Waals surface area (Å²) in [5, 5.41) is 6.14. The molecule has 0 unspecified atom stereocenters. The molecule has 2 aromatic heterocycles. The number of amides is 2. The van der Waals surface area contributed by atoms with Crippen LogP contribution >= 0.6 is 11.3 Å². The van der Waals surface area contributed by atoms with Crippen molar-refractivity contribution in [2.45, 2.75) is 6.92 Å². The van der Waals surface area contributed by atoms with Gasteiger partial charge in [0, 0.05) is 11.8 Å². The summed E-state index contributed by atoms with van der Waals surface area (Å²) in [6.45, 7) is 1.70. The topological polar surface area (TPSA) is 101 Å². The highest BCUT2D eigenvalue weighted by Crippen LogP contribution is 2.24. The van der Waals surface area contributed by atoms with Gasteiger partial charge in [-0.15, -0.1) is 0 Å². The van der Waals surface area contributed by atoms with Crippen LogP contribution in [0.15, 0.2) is 76.1 Å². The lowest BCUT2D eigenvalue weighted by molar-refractivity contribution is -0.111. The van der Waals surface area contributed by atoms with Gasteiger partial charge < -0.3 is 9.73 Å². The summed E-state index contributed by atoms with van der Waals surface area (Å²) >= 11 is 1.07. The number of rotatable bonds is 5. The lowest BCUT2D eigenvalue weighted by Crippen LogP contribution is -2.11. The van der Waals surface area contributed by atoms with Crippen LogP contribution in [0.2, 0.25) is 0 Å². The molecule has 154 valence electrons. The van der Waals surface area contributed by atoms with Crippen LogP contribution in [0.4, 0.5) is 10.8 Å². The molecule has 0 aliphatic carbocycles. The van der Waals surface area contributed by atoms with E-state index in [1.54, 1.807) is 43.3 Å². The first-order valence-electron chi connectivity index (χ1n) is 9.35. The molecule has 0 bridgehead atoms. The van der Waals surface area contributed by atoms with E-state index in [1.165, 1.54) is 18.4 Å². The van der Waals surface area contributed by atoms with Crippen LogP contribution in [0, 0.1) is 6.92 Å². The molecule has 0 fully saturated rings. The number of benzene rings is 2. The molecule has 0 saturated heterocycles. The smallest absolute Gasteiger partial charge is 0.267 e. The van der Waals surface area contributed by atoms with E-state index in [1.807, 2.05) is 18.2 Å². The maximum Gasteiger partial charge on any atom is 0.267 e. The number of aryl methyl sites for hydroxylation is 1. The van der Waals surface area contributed by atoms with Crippen molar-refractivity contribution in [1.29, 1.82) is 0 Å². The van der Waals surface area contributed by atoms with E-state index < -0.39 is 5.91 Å². The van der Waals surface area contributed by atoms with E-state index in [0.29, 0.717) is 27.2 Å². The number of carbonyl (C=O) groups excluding carboxylic acids is 2. The number of anilines is 2. The van der Waals surface area contributed by atoms with Crippen molar-refractivity contribution < 1.29 is 14.0 Å². The van der Waals surface area contributed by atoms with Gasteiger partial charge >= 0.3 is 0 Å². The Labute approximate surface area is 181 Å². The molecule has 0 aliphatic heterocycles. The van der Waals surface area contributed by atoms with Gasteiger partial charge in [0.05, 0.1) is 16.6 Å². The fourth-order valence-electron chi connectivity index (χ4n) is 2.89. The number of hydrogen-bond acceptors (Lipinski definition) is 6.